The predicted octanol–water partition coefficient (Wildman–Crippen LogP) is 3.76. The zero-order valence-corrected chi connectivity index (χ0v) is 12.3. The Hall–Kier alpha value is -1.59. The number of rotatable bonds is 5. The molecule has 0 saturated heterocycles. The molecule has 1 aromatic carbocycles. The second-order valence-electron chi connectivity index (χ2n) is 4.76. The number of thiazole rings is 1. The molecule has 0 unspecified atom stereocenters. The molecular weight excluding hydrogens is 294 g/mol. The minimum atomic E-state index is 0.119. The molecule has 0 bridgehead atoms. The van der Waals surface area contributed by atoms with Gasteiger partial charge in [-0.1, -0.05) is 17.7 Å². The Balaban J connectivity index is 1.60. The smallest absolute Gasteiger partial charge is 0.227 e. The lowest BCUT2D eigenvalue weighted by Crippen LogP contribution is -2.13. The molecule has 104 valence electrons. The highest BCUT2D eigenvalue weighted by Crippen LogP contribution is 2.30. The number of hydrogen-bond donors (Lipinski definition) is 2. The van der Waals surface area contributed by atoms with Crippen molar-refractivity contribution in [2.45, 2.75) is 19.4 Å². The van der Waals surface area contributed by atoms with Crippen LogP contribution < -0.4 is 10.6 Å². The van der Waals surface area contributed by atoms with Crippen molar-refractivity contribution in [3.63, 3.8) is 0 Å². The van der Waals surface area contributed by atoms with Crippen LogP contribution in [0.15, 0.2) is 30.5 Å². The van der Waals surface area contributed by atoms with Crippen molar-refractivity contribution in [3.05, 3.63) is 39.8 Å². The fourth-order valence-electron chi connectivity index (χ4n) is 1.84. The SMILES string of the molecule is O=C(Nc1cccc(NCc2ncc(Cl)s2)c1)C1CC1. The lowest BCUT2D eigenvalue weighted by Gasteiger charge is -2.08. The summed E-state index contributed by atoms with van der Waals surface area (Å²) in [4.78, 5) is 15.9. The average Bonchev–Trinajstić information content (AvgIpc) is 3.20. The zero-order valence-electron chi connectivity index (χ0n) is 10.7. The summed E-state index contributed by atoms with van der Waals surface area (Å²) < 4.78 is 0.687. The van der Waals surface area contributed by atoms with E-state index < -0.39 is 0 Å². The van der Waals surface area contributed by atoms with Crippen LogP contribution in [0.3, 0.4) is 0 Å². The summed E-state index contributed by atoms with van der Waals surface area (Å²) in [5.41, 5.74) is 1.77. The third-order valence-electron chi connectivity index (χ3n) is 3.05. The van der Waals surface area contributed by atoms with Crippen LogP contribution in [0.4, 0.5) is 11.4 Å². The molecule has 0 spiro atoms. The van der Waals surface area contributed by atoms with Gasteiger partial charge < -0.3 is 10.6 Å². The van der Waals surface area contributed by atoms with E-state index in [0.717, 1.165) is 29.2 Å². The minimum absolute atomic E-state index is 0.119. The van der Waals surface area contributed by atoms with Crippen molar-refractivity contribution in [3.8, 4) is 0 Å². The Morgan fingerprint density at radius 1 is 1.40 bits per heavy atom. The van der Waals surface area contributed by atoms with Gasteiger partial charge in [-0.05, 0) is 31.0 Å². The highest BCUT2D eigenvalue weighted by molar-refractivity contribution is 7.15. The number of hydrogen-bond acceptors (Lipinski definition) is 4. The van der Waals surface area contributed by atoms with E-state index in [9.17, 15) is 4.79 Å². The van der Waals surface area contributed by atoms with Crippen molar-refractivity contribution in [2.75, 3.05) is 10.6 Å². The Kier molecular flexibility index (Phi) is 3.89. The topological polar surface area (TPSA) is 54.0 Å². The first-order valence-electron chi connectivity index (χ1n) is 6.46. The van der Waals surface area contributed by atoms with Gasteiger partial charge >= 0.3 is 0 Å². The van der Waals surface area contributed by atoms with Crippen LogP contribution in [-0.4, -0.2) is 10.9 Å². The van der Waals surface area contributed by atoms with Gasteiger partial charge in [0.1, 0.15) is 9.34 Å². The number of benzene rings is 1. The molecule has 6 heteroatoms. The summed E-state index contributed by atoms with van der Waals surface area (Å²) in [6.45, 7) is 0.622. The zero-order chi connectivity index (χ0) is 13.9. The molecule has 1 aromatic heterocycles. The van der Waals surface area contributed by atoms with Crippen molar-refractivity contribution >= 4 is 40.2 Å². The number of carbonyl (C=O) groups is 1. The molecule has 3 rings (SSSR count). The number of anilines is 2. The molecule has 2 N–H and O–H groups in total. The number of nitrogens with zero attached hydrogens (tertiary/aromatic N) is 1. The van der Waals surface area contributed by atoms with Crippen LogP contribution in [0, 0.1) is 5.92 Å². The van der Waals surface area contributed by atoms with Crippen LogP contribution in [0.2, 0.25) is 4.34 Å². The molecule has 1 heterocycles. The van der Waals surface area contributed by atoms with E-state index in [4.69, 9.17) is 11.6 Å². The van der Waals surface area contributed by atoms with Crippen LogP contribution in [0.1, 0.15) is 17.8 Å². The molecule has 0 radical (unpaired) electrons. The third kappa shape index (κ3) is 3.49. The van der Waals surface area contributed by atoms with E-state index in [1.54, 1.807) is 6.20 Å². The monoisotopic (exact) mass is 307 g/mol. The van der Waals surface area contributed by atoms with E-state index in [2.05, 4.69) is 15.6 Å². The number of carbonyl (C=O) groups excluding carboxylic acids is 1. The van der Waals surface area contributed by atoms with E-state index >= 15 is 0 Å². The lowest BCUT2D eigenvalue weighted by molar-refractivity contribution is -0.117. The molecule has 20 heavy (non-hydrogen) atoms. The van der Waals surface area contributed by atoms with Crippen molar-refractivity contribution in [1.82, 2.24) is 4.98 Å². The van der Waals surface area contributed by atoms with E-state index in [1.165, 1.54) is 11.3 Å². The fraction of sp³-hybridized carbons (Fsp3) is 0.286. The Bertz CT molecular complexity index is 624. The summed E-state index contributed by atoms with van der Waals surface area (Å²) in [5, 5.41) is 7.14. The van der Waals surface area contributed by atoms with Crippen LogP contribution in [0.25, 0.3) is 0 Å². The van der Waals surface area contributed by atoms with Crippen LogP contribution >= 0.6 is 22.9 Å². The van der Waals surface area contributed by atoms with Crippen molar-refractivity contribution < 1.29 is 4.79 Å². The fourth-order valence-corrected chi connectivity index (χ4v) is 2.74. The largest absolute Gasteiger partial charge is 0.378 e. The predicted molar refractivity (Wildman–Crippen MR) is 82.2 cm³/mol. The van der Waals surface area contributed by atoms with Crippen LogP contribution in [0.5, 0.6) is 0 Å². The summed E-state index contributed by atoms with van der Waals surface area (Å²) in [6, 6.07) is 7.70. The average molecular weight is 308 g/mol. The van der Waals surface area contributed by atoms with Gasteiger partial charge in [0.15, 0.2) is 0 Å². The molecule has 0 atom stereocenters. The number of nitrogens with one attached hydrogen (secondary N) is 2. The maximum Gasteiger partial charge on any atom is 0.227 e. The van der Waals surface area contributed by atoms with E-state index in [-0.39, 0.29) is 11.8 Å². The van der Waals surface area contributed by atoms with Crippen molar-refractivity contribution in [1.29, 1.82) is 0 Å². The van der Waals surface area contributed by atoms with Crippen LogP contribution in [-0.2, 0) is 11.3 Å². The van der Waals surface area contributed by atoms with Gasteiger partial charge in [0.05, 0.1) is 12.7 Å². The van der Waals surface area contributed by atoms with Gasteiger partial charge in [-0.15, -0.1) is 11.3 Å². The van der Waals surface area contributed by atoms with E-state index in [1.807, 2.05) is 24.3 Å². The highest BCUT2D eigenvalue weighted by Gasteiger charge is 2.29. The quantitative estimate of drug-likeness (QED) is 0.884. The highest BCUT2D eigenvalue weighted by atomic mass is 35.5. The molecule has 1 aliphatic rings. The Morgan fingerprint density at radius 3 is 2.90 bits per heavy atom. The van der Waals surface area contributed by atoms with Gasteiger partial charge in [-0.2, -0.15) is 0 Å². The van der Waals surface area contributed by atoms with Crippen molar-refractivity contribution in [2.24, 2.45) is 5.92 Å². The summed E-state index contributed by atoms with van der Waals surface area (Å²) in [5.74, 6) is 0.331. The minimum Gasteiger partial charge on any atom is -0.378 e. The first-order chi connectivity index (χ1) is 9.70. The third-order valence-corrected chi connectivity index (χ3v) is 4.16. The second-order valence-corrected chi connectivity index (χ2v) is 6.50. The molecule has 1 fully saturated rings. The first kappa shape index (κ1) is 13.4. The van der Waals surface area contributed by atoms with Gasteiger partial charge in [0, 0.05) is 17.3 Å². The number of amides is 1. The lowest BCUT2D eigenvalue weighted by atomic mass is 10.2. The molecule has 1 aliphatic carbocycles. The summed E-state index contributed by atoms with van der Waals surface area (Å²) in [7, 11) is 0. The number of aromatic nitrogens is 1. The van der Waals surface area contributed by atoms with Gasteiger partial charge in [0.25, 0.3) is 0 Å². The Morgan fingerprint density at radius 2 is 2.20 bits per heavy atom. The molecule has 1 saturated carbocycles. The normalized spacial score (nSPS) is 14.1. The summed E-state index contributed by atoms with van der Waals surface area (Å²) >= 11 is 7.30. The Labute approximate surface area is 126 Å². The molecule has 2 aromatic rings. The molecular formula is C14H14ClN3OS. The summed E-state index contributed by atoms with van der Waals surface area (Å²) in [6.07, 6.45) is 3.67. The van der Waals surface area contributed by atoms with Gasteiger partial charge in [0.2, 0.25) is 5.91 Å². The van der Waals surface area contributed by atoms with Gasteiger partial charge in [-0.3, -0.25) is 4.79 Å². The maximum atomic E-state index is 11.7. The van der Waals surface area contributed by atoms with E-state index in [0.29, 0.717) is 10.9 Å². The second kappa shape index (κ2) is 5.81. The first-order valence-corrected chi connectivity index (χ1v) is 7.65. The van der Waals surface area contributed by atoms with Gasteiger partial charge in [-0.25, -0.2) is 4.98 Å². The molecule has 0 aliphatic heterocycles. The standard InChI is InChI=1S/C14H14ClN3OS/c15-12-7-17-13(20-12)8-16-10-2-1-3-11(6-10)18-14(19)9-4-5-9/h1-3,6-7,9,16H,4-5,8H2,(H,18,19). The number of halogens is 1. The maximum absolute atomic E-state index is 11.7. The molecule has 1 amide bonds. The molecule has 4 nitrogen and oxygen atoms in total.